The fourth-order valence-corrected chi connectivity index (χ4v) is 2.45. The van der Waals surface area contributed by atoms with Gasteiger partial charge in [-0.1, -0.05) is 53.7 Å². The molecule has 1 rings (SSSR count). The summed E-state index contributed by atoms with van der Waals surface area (Å²) >= 11 is 0. The standard InChI is InChI=1S/C22H30O2/c1-6-7-8-9-20-18(12-10-16(2)3)14-19(13-11-17(4)5)22(24)21(20)15-23/h6-11,14,23-24H,12-13,15H2,1-5H3/b7-6+,9-8+. The molecule has 0 bridgehead atoms. The number of hydrogen-bond acceptors (Lipinski definition) is 2. The van der Waals surface area contributed by atoms with Crippen LogP contribution in [0.2, 0.25) is 0 Å². The zero-order valence-corrected chi connectivity index (χ0v) is 15.6. The van der Waals surface area contributed by atoms with Crippen LogP contribution >= 0.6 is 0 Å². The predicted molar refractivity (Wildman–Crippen MR) is 104 cm³/mol. The lowest BCUT2D eigenvalue weighted by Crippen LogP contribution is -2.00. The highest BCUT2D eigenvalue weighted by Gasteiger charge is 2.14. The van der Waals surface area contributed by atoms with Crippen molar-refractivity contribution >= 4 is 6.08 Å². The van der Waals surface area contributed by atoms with Crippen molar-refractivity contribution in [2.24, 2.45) is 0 Å². The van der Waals surface area contributed by atoms with Gasteiger partial charge in [0.25, 0.3) is 0 Å². The van der Waals surface area contributed by atoms with E-state index < -0.39 is 0 Å². The van der Waals surface area contributed by atoms with Gasteiger partial charge in [0.2, 0.25) is 0 Å². The minimum atomic E-state index is -0.175. The summed E-state index contributed by atoms with van der Waals surface area (Å²) in [4.78, 5) is 0. The number of aliphatic hydroxyl groups is 1. The second-order valence-corrected chi connectivity index (χ2v) is 6.45. The van der Waals surface area contributed by atoms with Gasteiger partial charge < -0.3 is 10.2 Å². The summed E-state index contributed by atoms with van der Waals surface area (Å²) in [5.41, 5.74) is 5.96. The Balaban J connectivity index is 3.49. The van der Waals surface area contributed by atoms with Crippen LogP contribution in [0.4, 0.5) is 0 Å². The summed E-state index contributed by atoms with van der Waals surface area (Å²) in [5.74, 6) is 0.205. The Kier molecular flexibility index (Phi) is 8.28. The lowest BCUT2D eigenvalue weighted by Gasteiger charge is -2.15. The number of benzene rings is 1. The van der Waals surface area contributed by atoms with Crippen molar-refractivity contribution in [2.45, 2.75) is 54.1 Å². The average Bonchev–Trinajstić information content (AvgIpc) is 2.53. The Morgan fingerprint density at radius 2 is 1.54 bits per heavy atom. The first-order valence-electron chi connectivity index (χ1n) is 8.44. The van der Waals surface area contributed by atoms with Crippen LogP contribution in [0, 0.1) is 0 Å². The van der Waals surface area contributed by atoms with Gasteiger partial charge in [-0.05, 0) is 64.2 Å². The smallest absolute Gasteiger partial charge is 0.125 e. The van der Waals surface area contributed by atoms with Gasteiger partial charge in [-0.3, -0.25) is 0 Å². The zero-order chi connectivity index (χ0) is 18.1. The highest BCUT2D eigenvalue weighted by Crippen LogP contribution is 2.32. The summed E-state index contributed by atoms with van der Waals surface area (Å²) in [5, 5.41) is 20.4. The third-order valence-electron chi connectivity index (χ3n) is 3.79. The number of rotatable bonds is 7. The third kappa shape index (κ3) is 5.86. The zero-order valence-electron chi connectivity index (χ0n) is 15.6. The van der Waals surface area contributed by atoms with Gasteiger partial charge in [-0.25, -0.2) is 0 Å². The number of phenols is 1. The average molecular weight is 326 g/mol. The molecule has 130 valence electrons. The number of aliphatic hydroxyl groups excluding tert-OH is 1. The van der Waals surface area contributed by atoms with Crippen LogP contribution in [0.1, 0.15) is 56.9 Å². The first-order valence-corrected chi connectivity index (χ1v) is 8.44. The number of allylic oxidation sites excluding steroid dienone is 7. The second kappa shape index (κ2) is 9.94. The van der Waals surface area contributed by atoms with Crippen molar-refractivity contribution in [3.05, 3.63) is 69.8 Å². The van der Waals surface area contributed by atoms with Crippen LogP contribution in [-0.4, -0.2) is 10.2 Å². The number of aromatic hydroxyl groups is 1. The first kappa shape index (κ1) is 20.0. The molecule has 0 unspecified atom stereocenters. The Bertz CT molecular complexity index is 666. The predicted octanol–water partition coefficient (Wildman–Crippen LogP) is 5.49. The van der Waals surface area contributed by atoms with Gasteiger partial charge >= 0.3 is 0 Å². The molecular weight excluding hydrogens is 296 g/mol. The Morgan fingerprint density at radius 3 is 2.04 bits per heavy atom. The minimum absolute atomic E-state index is 0.175. The SMILES string of the molecule is C/C=C/C=C/c1c(CC=C(C)C)cc(CC=C(C)C)c(O)c1CO. The molecule has 0 spiro atoms. The Hall–Kier alpha value is -2.06. The maximum absolute atomic E-state index is 10.6. The maximum atomic E-state index is 10.6. The molecule has 2 N–H and O–H groups in total. The van der Waals surface area contributed by atoms with Gasteiger partial charge in [0, 0.05) is 5.56 Å². The molecule has 0 saturated carbocycles. The molecule has 0 radical (unpaired) electrons. The van der Waals surface area contributed by atoms with Crippen LogP contribution in [0.3, 0.4) is 0 Å². The van der Waals surface area contributed by atoms with Crippen LogP contribution in [0.25, 0.3) is 6.08 Å². The fraction of sp³-hybridized carbons (Fsp3) is 0.364. The molecule has 0 fully saturated rings. The van der Waals surface area contributed by atoms with Crippen molar-refractivity contribution in [3.8, 4) is 5.75 Å². The molecule has 0 atom stereocenters. The van der Waals surface area contributed by atoms with Gasteiger partial charge in [0.1, 0.15) is 5.75 Å². The van der Waals surface area contributed by atoms with E-state index in [-0.39, 0.29) is 12.4 Å². The van der Waals surface area contributed by atoms with Crippen molar-refractivity contribution in [2.75, 3.05) is 0 Å². The van der Waals surface area contributed by atoms with E-state index in [4.69, 9.17) is 0 Å². The molecule has 0 heterocycles. The topological polar surface area (TPSA) is 40.5 Å². The summed E-state index contributed by atoms with van der Waals surface area (Å²) in [6.45, 7) is 10.0. The molecule has 1 aromatic rings. The third-order valence-corrected chi connectivity index (χ3v) is 3.79. The van der Waals surface area contributed by atoms with E-state index in [0.717, 1.165) is 23.1 Å². The van der Waals surface area contributed by atoms with E-state index in [1.165, 1.54) is 11.1 Å². The normalized spacial score (nSPS) is 11.2. The van der Waals surface area contributed by atoms with E-state index in [9.17, 15) is 10.2 Å². The molecule has 24 heavy (non-hydrogen) atoms. The molecule has 0 aliphatic carbocycles. The Morgan fingerprint density at radius 1 is 0.958 bits per heavy atom. The molecule has 2 heteroatoms. The molecule has 0 aliphatic rings. The van der Waals surface area contributed by atoms with Gasteiger partial charge in [0.15, 0.2) is 0 Å². The van der Waals surface area contributed by atoms with E-state index in [0.29, 0.717) is 12.0 Å². The summed E-state index contributed by atoms with van der Waals surface area (Å²) in [6.07, 6.45) is 13.5. The van der Waals surface area contributed by atoms with Crippen molar-refractivity contribution in [1.29, 1.82) is 0 Å². The molecule has 0 amide bonds. The molecule has 0 aromatic heterocycles. The van der Waals surface area contributed by atoms with Crippen molar-refractivity contribution < 1.29 is 10.2 Å². The Labute approximate surface area is 146 Å². The molecular formula is C22H30O2. The minimum Gasteiger partial charge on any atom is -0.507 e. The van der Waals surface area contributed by atoms with E-state index in [1.807, 2.05) is 45.1 Å². The highest BCUT2D eigenvalue weighted by atomic mass is 16.3. The van der Waals surface area contributed by atoms with Gasteiger partial charge in [0.05, 0.1) is 6.61 Å². The van der Waals surface area contributed by atoms with Crippen molar-refractivity contribution in [1.82, 2.24) is 0 Å². The van der Waals surface area contributed by atoms with Gasteiger partial charge in [-0.2, -0.15) is 0 Å². The van der Waals surface area contributed by atoms with Gasteiger partial charge in [-0.15, -0.1) is 0 Å². The molecule has 1 aromatic carbocycles. The maximum Gasteiger partial charge on any atom is 0.125 e. The summed E-state index contributed by atoms with van der Waals surface area (Å²) in [6, 6.07) is 2.06. The summed E-state index contributed by atoms with van der Waals surface area (Å²) < 4.78 is 0. The first-order chi connectivity index (χ1) is 11.4. The lowest BCUT2D eigenvalue weighted by atomic mass is 9.92. The van der Waals surface area contributed by atoms with Crippen LogP contribution < -0.4 is 0 Å². The molecule has 2 nitrogen and oxygen atoms in total. The fourth-order valence-electron chi connectivity index (χ4n) is 2.45. The van der Waals surface area contributed by atoms with E-state index >= 15 is 0 Å². The van der Waals surface area contributed by atoms with Crippen LogP contribution in [0.15, 0.2) is 47.6 Å². The largest absolute Gasteiger partial charge is 0.507 e. The van der Waals surface area contributed by atoms with E-state index in [1.54, 1.807) is 0 Å². The van der Waals surface area contributed by atoms with E-state index in [2.05, 4.69) is 32.1 Å². The summed E-state index contributed by atoms with van der Waals surface area (Å²) in [7, 11) is 0. The highest BCUT2D eigenvalue weighted by molar-refractivity contribution is 5.65. The van der Waals surface area contributed by atoms with Crippen LogP contribution in [0.5, 0.6) is 5.75 Å². The van der Waals surface area contributed by atoms with Crippen LogP contribution in [-0.2, 0) is 19.4 Å². The van der Waals surface area contributed by atoms with Crippen molar-refractivity contribution in [3.63, 3.8) is 0 Å². The monoisotopic (exact) mass is 326 g/mol. The molecule has 0 saturated heterocycles. The quantitative estimate of drug-likeness (QED) is 0.513. The molecule has 0 aliphatic heterocycles. The number of hydrogen-bond donors (Lipinski definition) is 2. The second-order valence-electron chi connectivity index (χ2n) is 6.45. The lowest BCUT2D eigenvalue weighted by molar-refractivity contribution is 0.275.